The van der Waals surface area contributed by atoms with E-state index in [0.29, 0.717) is 68.3 Å². The van der Waals surface area contributed by atoms with Crippen LogP contribution in [0.3, 0.4) is 0 Å². The molecule has 3 aromatic carbocycles. The van der Waals surface area contributed by atoms with Crippen molar-refractivity contribution in [2.75, 3.05) is 60.7 Å². The van der Waals surface area contributed by atoms with Crippen LogP contribution in [0.4, 0.5) is 13.2 Å². The van der Waals surface area contributed by atoms with E-state index in [2.05, 4.69) is 49.6 Å². The van der Waals surface area contributed by atoms with E-state index in [1.807, 2.05) is 41.3 Å². The number of amides is 1. The number of rotatable bonds is 11. The van der Waals surface area contributed by atoms with Crippen molar-refractivity contribution in [2.45, 2.75) is 37.1 Å². The Hall–Kier alpha value is -3.95. The van der Waals surface area contributed by atoms with Crippen LogP contribution < -0.4 is 9.47 Å². The summed E-state index contributed by atoms with van der Waals surface area (Å²) in [4.78, 5) is 19.9. The predicted molar refractivity (Wildman–Crippen MR) is 189 cm³/mol. The number of halogens is 5. The highest BCUT2D eigenvalue weighted by molar-refractivity contribution is 5.85. The van der Waals surface area contributed by atoms with Gasteiger partial charge in [-0.15, -0.1) is 29.9 Å². The van der Waals surface area contributed by atoms with E-state index in [1.54, 1.807) is 13.2 Å². The molecule has 2 aliphatic heterocycles. The Morgan fingerprint density at radius 3 is 2.14 bits per heavy atom. The van der Waals surface area contributed by atoms with Crippen LogP contribution in [0.25, 0.3) is 5.69 Å². The smallest absolute Gasteiger partial charge is 0.453 e. The number of tetrazole rings is 1. The minimum Gasteiger partial charge on any atom is -0.496 e. The second-order valence-corrected chi connectivity index (χ2v) is 12.2. The average Bonchev–Trinajstić information content (AvgIpc) is 3.62. The Kier molecular flexibility index (Phi) is 13.7. The van der Waals surface area contributed by atoms with Gasteiger partial charge in [0, 0.05) is 64.4 Å². The maximum Gasteiger partial charge on any atom is 0.453 e. The minimum absolute atomic E-state index is 0. The van der Waals surface area contributed by atoms with Gasteiger partial charge in [-0.05, 0) is 33.7 Å². The first-order valence-corrected chi connectivity index (χ1v) is 16.2. The summed E-state index contributed by atoms with van der Waals surface area (Å²) in [7, 11) is 4.51. The van der Waals surface area contributed by atoms with Gasteiger partial charge in [0.1, 0.15) is 11.4 Å². The number of piperazine rings is 2. The molecule has 6 rings (SSSR count). The van der Waals surface area contributed by atoms with Gasteiger partial charge in [0.25, 0.3) is 5.82 Å². The van der Waals surface area contributed by atoms with E-state index in [1.165, 1.54) is 31.4 Å². The zero-order valence-corrected chi connectivity index (χ0v) is 30.2. The summed E-state index contributed by atoms with van der Waals surface area (Å²) >= 11 is 0. The summed E-state index contributed by atoms with van der Waals surface area (Å²) in [6, 6.07) is 23.9. The lowest BCUT2D eigenvalue weighted by atomic mass is 9.81. The van der Waals surface area contributed by atoms with Crippen molar-refractivity contribution < 1.29 is 32.2 Å². The van der Waals surface area contributed by atoms with Gasteiger partial charge in [-0.3, -0.25) is 14.6 Å². The molecule has 0 unspecified atom stereocenters. The largest absolute Gasteiger partial charge is 0.496 e. The molecule has 0 N–H and O–H groups in total. The molecule has 16 heteroatoms. The number of hydrogen-bond acceptors (Lipinski definition) is 9. The monoisotopic (exact) mass is 751 g/mol. The van der Waals surface area contributed by atoms with Gasteiger partial charge in [0.05, 0.1) is 32.8 Å². The molecule has 1 amide bonds. The third-order valence-corrected chi connectivity index (χ3v) is 9.40. The van der Waals surface area contributed by atoms with Crippen LogP contribution in [0.15, 0.2) is 72.8 Å². The third kappa shape index (κ3) is 8.58. The highest BCUT2D eigenvalue weighted by atomic mass is 35.5. The standard InChI is InChI=1S/C35H40F3N7O4.2ClH/c1-47-19-16-31(46)43-17-18-44-26(21-43)20-42(23-29(44)32(24-10-6-4-7-11-24)25-12-8-5-9-13-25)22-27-30(48-2)15-14-28(33(27)49-3)45-34(35(36,37)38)39-40-41-45;;/h4-15,26,29,32H,16-23H2,1-3H3;2*1H/t26-,29+;;/m1../s1. The Labute approximate surface area is 307 Å². The summed E-state index contributed by atoms with van der Waals surface area (Å²) in [5.41, 5.74) is 2.96. The Balaban J connectivity index is 0.00000292. The quantitative estimate of drug-likeness (QED) is 0.207. The van der Waals surface area contributed by atoms with Gasteiger partial charge >= 0.3 is 6.18 Å². The van der Waals surface area contributed by atoms with Crippen LogP contribution in [0, 0.1) is 0 Å². The number of aromatic nitrogens is 4. The molecule has 3 heterocycles. The van der Waals surface area contributed by atoms with Crippen LogP contribution >= 0.6 is 24.8 Å². The molecule has 2 fully saturated rings. The minimum atomic E-state index is -4.78. The summed E-state index contributed by atoms with van der Waals surface area (Å²) in [5, 5.41) is 10.2. The molecule has 276 valence electrons. The Morgan fingerprint density at radius 1 is 0.882 bits per heavy atom. The molecule has 2 aliphatic rings. The molecule has 0 aliphatic carbocycles. The lowest BCUT2D eigenvalue weighted by molar-refractivity contribution is -0.146. The molecule has 0 spiro atoms. The van der Waals surface area contributed by atoms with Gasteiger partial charge in [0.15, 0.2) is 5.75 Å². The Morgan fingerprint density at radius 2 is 1.55 bits per heavy atom. The van der Waals surface area contributed by atoms with Gasteiger partial charge in [0.2, 0.25) is 5.91 Å². The van der Waals surface area contributed by atoms with Gasteiger partial charge in [-0.2, -0.15) is 17.9 Å². The molecule has 4 aromatic rings. The summed E-state index contributed by atoms with van der Waals surface area (Å²) in [6.07, 6.45) is -4.47. The average molecular weight is 753 g/mol. The first-order valence-electron chi connectivity index (χ1n) is 16.2. The van der Waals surface area contributed by atoms with Gasteiger partial charge < -0.3 is 19.1 Å². The molecule has 11 nitrogen and oxygen atoms in total. The molecule has 1 aromatic heterocycles. The highest BCUT2D eigenvalue weighted by Crippen LogP contribution is 2.40. The summed E-state index contributed by atoms with van der Waals surface area (Å²) in [5.74, 6) is -0.558. The van der Waals surface area contributed by atoms with Crippen LogP contribution in [0.1, 0.15) is 34.9 Å². The van der Waals surface area contributed by atoms with Crippen molar-refractivity contribution in [3.05, 3.63) is 95.3 Å². The molecule has 2 saturated heterocycles. The van der Waals surface area contributed by atoms with Crippen molar-refractivity contribution in [3.63, 3.8) is 0 Å². The molecule has 0 radical (unpaired) electrons. The lowest BCUT2D eigenvalue weighted by Gasteiger charge is -2.53. The topological polar surface area (TPSA) is 98.1 Å². The van der Waals surface area contributed by atoms with Crippen molar-refractivity contribution >= 4 is 30.7 Å². The number of nitrogens with zero attached hydrogens (tertiary/aromatic N) is 7. The molecule has 0 saturated carbocycles. The van der Waals surface area contributed by atoms with Crippen molar-refractivity contribution in [1.82, 2.24) is 34.9 Å². The third-order valence-electron chi connectivity index (χ3n) is 9.40. The van der Waals surface area contributed by atoms with Crippen LogP contribution in [-0.2, 0) is 22.3 Å². The number of carbonyl (C=O) groups excluding carboxylic acids is 1. The van der Waals surface area contributed by atoms with E-state index in [4.69, 9.17) is 14.2 Å². The fraction of sp³-hybridized carbons (Fsp3) is 0.429. The maximum atomic E-state index is 13.9. The molecular weight excluding hydrogens is 710 g/mol. The predicted octanol–water partition coefficient (Wildman–Crippen LogP) is 5.11. The van der Waals surface area contributed by atoms with Crippen LogP contribution in [-0.4, -0.2) is 114 Å². The Bertz CT molecular complexity index is 1680. The zero-order chi connectivity index (χ0) is 34.5. The summed E-state index contributed by atoms with van der Waals surface area (Å²) < 4.78 is 58.9. The lowest BCUT2D eigenvalue weighted by Crippen LogP contribution is -2.67. The normalized spacial score (nSPS) is 18.1. The van der Waals surface area contributed by atoms with Gasteiger partial charge in [-0.25, -0.2) is 0 Å². The van der Waals surface area contributed by atoms with E-state index in [-0.39, 0.29) is 60.2 Å². The fourth-order valence-electron chi connectivity index (χ4n) is 7.25. The first-order chi connectivity index (χ1) is 23.7. The van der Waals surface area contributed by atoms with E-state index in [9.17, 15) is 18.0 Å². The number of alkyl halides is 3. The second-order valence-electron chi connectivity index (χ2n) is 12.2. The van der Waals surface area contributed by atoms with Crippen molar-refractivity contribution in [2.24, 2.45) is 0 Å². The van der Waals surface area contributed by atoms with Gasteiger partial charge in [-0.1, -0.05) is 60.7 Å². The highest BCUT2D eigenvalue weighted by Gasteiger charge is 2.44. The van der Waals surface area contributed by atoms with E-state index in [0.717, 1.165) is 0 Å². The molecule has 0 bridgehead atoms. The number of methoxy groups -OCH3 is 3. The molecular formula is C35H42Cl2F3N7O4. The van der Waals surface area contributed by atoms with Crippen molar-refractivity contribution in [1.29, 1.82) is 0 Å². The fourth-order valence-corrected chi connectivity index (χ4v) is 7.25. The number of carbonyl (C=O) groups is 1. The van der Waals surface area contributed by atoms with Crippen molar-refractivity contribution in [3.8, 4) is 17.2 Å². The second kappa shape index (κ2) is 17.5. The number of ether oxygens (including phenoxy) is 3. The van der Waals surface area contributed by atoms with E-state index >= 15 is 0 Å². The SMILES string of the molecule is COCCC(=O)N1CCN2[C@H](CN(Cc3c(OC)ccc(-n4nnnc4C(F)(F)F)c3OC)C[C@H]2C(c2ccccc2)c2ccccc2)C1.Cl.Cl. The molecule has 2 atom stereocenters. The maximum absolute atomic E-state index is 13.9. The number of fused-ring (bicyclic) bond motifs is 1. The number of hydrogen-bond donors (Lipinski definition) is 0. The first kappa shape index (κ1) is 39.8. The van der Waals surface area contributed by atoms with E-state index < -0.39 is 12.0 Å². The number of benzene rings is 3. The zero-order valence-electron chi connectivity index (χ0n) is 28.5. The summed E-state index contributed by atoms with van der Waals surface area (Å²) in [6.45, 7) is 3.77. The van der Waals surface area contributed by atoms with Crippen LogP contribution in [0.5, 0.6) is 11.5 Å². The van der Waals surface area contributed by atoms with Crippen LogP contribution in [0.2, 0.25) is 0 Å². The molecule has 51 heavy (non-hydrogen) atoms.